The summed E-state index contributed by atoms with van der Waals surface area (Å²) >= 11 is 0. The van der Waals surface area contributed by atoms with E-state index in [0.717, 1.165) is 45.7 Å². The van der Waals surface area contributed by atoms with Crippen LogP contribution in [0.25, 0.3) is 22.4 Å². The van der Waals surface area contributed by atoms with Crippen molar-refractivity contribution >= 4 is 16.9 Å². The zero-order valence-corrected chi connectivity index (χ0v) is 16.0. The van der Waals surface area contributed by atoms with Gasteiger partial charge in [0.2, 0.25) is 0 Å². The highest BCUT2D eigenvalue weighted by atomic mass is 16.5. The molecule has 0 saturated carbocycles. The first kappa shape index (κ1) is 17.4. The molecule has 1 aliphatic rings. The number of amides is 1. The fourth-order valence-corrected chi connectivity index (χ4v) is 3.71. The number of aromatic amines is 1. The highest BCUT2D eigenvalue weighted by Crippen LogP contribution is 2.31. The maximum absolute atomic E-state index is 12.9. The predicted molar refractivity (Wildman–Crippen MR) is 111 cm³/mol. The van der Waals surface area contributed by atoms with Gasteiger partial charge in [0, 0.05) is 35.5 Å². The van der Waals surface area contributed by atoms with Crippen LogP contribution in [0, 0.1) is 6.92 Å². The molecular weight excluding hydrogens is 364 g/mol. The molecule has 144 valence electrons. The van der Waals surface area contributed by atoms with Gasteiger partial charge in [-0.25, -0.2) is 4.98 Å². The van der Waals surface area contributed by atoms with E-state index >= 15 is 0 Å². The van der Waals surface area contributed by atoms with Crippen molar-refractivity contribution in [2.75, 3.05) is 6.61 Å². The Balaban J connectivity index is 1.41. The van der Waals surface area contributed by atoms with Crippen LogP contribution in [-0.4, -0.2) is 27.5 Å². The van der Waals surface area contributed by atoms with Crippen molar-refractivity contribution in [3.63, 3.8) is 0 Å². The molecule has 0 aliphatic carbocycles. The molecule has 4 aromatic rings. The highest BCUT2D eigenvalue weighted by molar-refractivity contribution is 5.98. The molecule has 0 spiro atoms. The number of H-pyrrole nitrogens is 1. The largest absolute Gasteiger partial charge is 0.493 e. The van der Waals surface area contributed by atoms with Crippen molar-refractivity contribution in [2.45, 2.75) is 19.4 Å². The zero-order valence-electron chi connectivity index (χ0n) is 16.0. The SMILES string of the molecule is Cc1cncc(-c2nc3ccc(C(=O)N[C@H]4CCOc5ccccc54)cc3[nH]2)c1. The Labute approximate surface area is 168 Å². The Morgan fingerprint density at radius 1 is 1.17 bits per heavy atom. The van der Waals surface area contributed by atoms with Crippen molar-refractivity contribution in [3.05, 3.63) is 77.6 Å². The van der Waals surface area contributed by atoms with Crippen LogP contribution < -0.4 is 10.1 Å². The minimum absolute atomic E-state index is 0.0566. The first-order chi connectivity index (χ1) is 14.2. The van der Waals surface area contributed by atoms with Crippen molar-refractivity contribution < 1.29 is 9.53 Å². The lowest BCUT2D eigenvalue weighted by Crippen LogP contribution is -2.32. The molecule has 0 saturated heterocycles. The molecule has 2 aromatic carbocycles. The van der Waals surface area contributed by atoms with E-state index in [2.05, 4.69) is 20.3 Å². The molecule has 0 radical (unpaired) electrons. The first-order valence-electron chi connectivity index (χ1n) is 9.62. The minimum atomic E-state index is -0.109. The molecule has 6 nitrogen and oxygen atoms in total. The lowest BCUT2D eigenvalue weighted by molar-refractivity contribution is 0.0925. The average molecular weight is 384 g/mol. The lowest BCUT2D eigenvalue weighted by atomic mass is 10.00. The van der Waals surface area contributed by atoms with Gasteiger partial charge in [0.05, 0.1) is 23.7 Å². The summed E-state index contributed by atoms with van der Waals surface area (Å²) < 4.78 is 5.68. The summed E-state index contributed by atoms with van der Waals surface area (Å²) in [7, 11) is 0. The molecule has 5 rings (SSSR count). The number of imidazole rings is 1. The van der Waals surface area contributed by atoms with E-state index in [1.165, 1.54) is 0 Å². The number of nitrogens with zero attached hydrogens (tertiary/aromatic N) is 2. The molecule has 1 amide bonds. The second kappa shape index (κ2) is 7.05. The van der Waals surface area contributed by atoms with E-state index in [1.807, 2.05) is 61.7 Å². The Bertz CT molecular complexity index is 1210. The molecule has 1 aliphatic heterocycles. The second-order valence-electron chi connectivity index (χ2n) is 7.27. The van der Waals surface area contributed by atoms with Crippen LogP contribution in [0.4, 0.5) is 0 Å². The smallest absolute Gasteiger partial charge is 0.251 e. The van der Waals surface area contributed by atoms with Gasteiger partial charge in [-0.3, -0.25) is 9.78 Å². The van der Waals surface area contributed by atoms with Crippen LogP contribution in [0.15, 0.2) is 60.9 Å². The monoisotopic (exact) mass is 384 g/mol. The first-order valence-corrected chi connectivity index (χ1v) is 9.62. The van der Waals surface area contributed by atoms with E-state index < -0.39 is 0 Å². The number of aromatic nitrogens is 3. The van der Waals surface area contributed by atoms with Crippen LogP contribution in [0.1, 0.15) is 33.9 Å². The number of hydrogen-bond acceptors (Lipinski definition) is 4. The maximum Gasteiger partial charge on any atom is 0.251 e. The van der Waals surface area contributed by atoms with Gasteiger partial charge in [0.15, 0.2) is 0 Å². The number of hydrogen-bond donors (Lipinski definition) is 2. The summed E-state index contributed by atoms with van der Waals surface area (Å²) in [5, 5.41) is 3.14. The van der Waals surface area contributed by atoms with Gasteiger partial charge in [0.25, 0.3) is 5.91 Å². The summed E-state index contributed by atoms with van der Waals surface area (Å²) in [6.07, 6.45) is 4.34. The van der Waals surface area contributed by atoms with Gasteiger partial charge in [0.1, 0.15) is 11.6 Å². The highest BCUT2D eigenvalue weighted by Gasteiger charge is 2.23. The molecular formula is C23H20N4O2. The van der Waals surface area contributed by atoms with Crippen LogP contribution in [0.3, 0.4) is 0 Å². The number of carbonyl (C=O) groups is 1. The van der Waals surface area contributed by atoms with Crippen LogP contribution in [0.5, 0.6) is 5.75 Å². The summed E-state index contributed by atoms with van der Waals surface area (Å²) in [5.41, 5.74) is 5.24. The number of carbonyl (C=O) groups excluding carboxylic acids is 1. The van der Waals surface area contributed by atoms with Gasteiger partial charge in [-0.1, -0.05) is 18.2 Å². The van der Waals surface area contributed by atoms with Gasteiger partial charge >= 0.3 is 0 Å². The third-order valence-corrected chi connectivity index (χ3v) is 5.16. The number of fused-ring (bicyclic) bond motifs is 2. The van der Waals surface area contributed by atoms with Crippen LogP contribution >= 0.6 is 0 Å². The van der Waals surface area contributed by atoms with Crippen molar-refractivity contribution in [1.29, 1.82) is 0 Å². The number of para-hydroxylation sites is 1. The number of pyridine rings is 1. The Hall–Kier alpha value is -3.67. The van der Waals surface area contributed by atoms with Crippen LogP contribution in [-0.2, 0) is 0 Å². The van der Waals surface area contributed by atoms with Crippen molar-refractivity contribution in [1.82, 2.24) is 20.3 Å². The zero-order chi connectivity index (χ0) is 19.8. The Kier molecular flexibility index (Phi) is 4.24. The molecule has 1 atom stereocenters. The van der Waals surface area contributed by atoms with Crippen LogP contribution in [0.2, 0.25) is 0 Å². The van der Waals surface area contributed by atoms with Crippen molar-refractivity contribution in [2.24, 2.45) is 0 Å². The molecule has 2 aromatic heterocycles. The fourth-order valence-electron chi connectivity index (χ4n) is 3.71. The number of rotatable bonds is 3. The Morgan fingerprint density at radius 2 is 2.07 bits per heavy atom. The normalized spacial score (nSPS) is 15.6. The maximum atomic E-state index is 12.9. The summed E-state index contributed by atoms with van der Waals surface area (Å²) in [6.45, 7) is 2.59. The summed E-state index contributed by atoms with van der Waals surface area (Å²) in [5.74, 6) is 1.47. The minimum Gasteiger partial charge on any atom is -0.493 e. The molecule has 3 heterocycles. The van der Waals surface area contributed by atoms with E-state index in [4.69, 9.17) is 4.74 Å². The van der Waals surface area contributed by atoms with E-state index in [-0.39, 0.29) is 11.9 Å². The van der Waals surface area contributed by atoms with E-state index in [0.29, 0.717) is 12.2 Å². The van der Waals surface area contributed by atoms with E-state index in [1.54, 1.807) is 6.20 Å². The molecule has 2 N–H and O–H groups in total. The number of ether oxygens (including phenoxy) is 1. The van der Waals surface area contributed by atoms with E-state index in [9.17, 15) is 4.79 Å². The number of nitrogens with one attached hydrogen (secondary N) is 2. The molecule has 0 bridgehead atoms. The molecule has 0 unspecified atom stereocenters. The average Bonchev–Trinajstić information content (AvgIpc) is 3.17. The summed E-state index contributed by atoms with van der Waals surface area (Å²) in [6, 6.07) is 15.3. The standard InChI is InChI=1S/C23H20N4O2/c1-14-10-16(13-24-12-14)22-25-19-7-6-15(11-20(19)26-22)23(28)27-18-8-9-29-21-5-3-2-4-17(18)21/h2-7,10-13,18H,8-9H2,1H3,(H,25,26)(H,27,28)/t18-/m0/s1. The van der Waals surface area contributed by atoms with Gasteiger partial charge in [-0.15, -0.1) is 0 Å². The molecule has 29 heavy (non-hydrogen) atoms. The van der Waals surface area contributed by atoms with Gasteiger partial charge in [-0.2, -0.15) is 0 Å². The number of aryl methyl sites for hydroxylation is 1. The number of benzene rings is 2. The third-order valence-electron chi connectivity index (χ3n) is 5.16. The fraction of sp³-hybridized carbons (Fsp3) is 0.174. The Morgan fingerprint density at radius 3 is 2.97 bits per heavy atom. The van der Waals surface area contributed by atoms with Gasteiger partial charge < -0.3 is 15.0 Å². The third kappa shape index (κ3) is 3.33. The molecule has 0 fully saturated rings. The predicted octanol–water partition coefficient (Wildman–Crippen LogP) is 4.19. The van der Waals surface area contributed by atoms with Crippen molar-refractivity contribution in [3.8, 4) is 17.1 Å². The molecule has 6 heteroatoms. The second-order valence-corrected chi connectivity index (χ2v) is 7.27. The topological polar surface area (TPSA) is 79.9 Å². The summed E-state index contributed by atoms with van der Waals surface area (Å²) in [4.78, 5) is 25.0. The lowest BCUT2D eigenvalue weighted by Gasteiger charge is -2.26. The quantitative estimate of drug-likeness (QED) is 0.555. The van der Waals surface area contributed by atoms with Gasteiger partial charge in [-0.05, 0) is 42.8 Å².